The Morgan fingerprint density at radius 2 is 1.69 bits per heavy atom. The molecular formula is C20H36N4O2. The molecule has 0 aliphatic heterocycles. The van der Waals surface area contributed by atoms with Crippen LogP contribution >= 0.6 is 0 Å². The highest BCUT2D eigenvalue weighted by molar-refractivity contribution is 5.79. The molecule has 0 atom stereocenters. The van der Waals surface area contributed by atoms with Crippen LogP contribution in [0.5, 0.6) is 0 Å². The predicted molar refractivity (Wildman–Crippen MR) is 109 cm³/mol. The second-order valence-electron chi connectivity index (χ2n) is 6.09. The van der Waals surface area contributed by atoms with E-state index in [4.69, 9.17) is 9.47 Å². The highest BCUT2D eigenvalue weighted by atomic mass is 16.5. The van der Waals surface area contributed by atoms with Gasteiger partial charge in [0.1, 0.15) is 0 Å². The molecule has 0 fully saturated rings. The van der Waals surface area contributed by atoms with Gasteiger partial charge in [-0.25, -0.2) is 0 Å². The van der Waals surface area contributed by atoms with Crippen molar-refractivity contribution >= 4 is 5.96 Å². The largest absolute Gasteiger partial charge is 0.382 e. The van der Waals surface area contributed by atoms with Crippen LogP contribution in [0.15, 0.2) is 29.3 Å². The summed E-state index contributed by atoms with van der Waals surface area (Å²) in [6, 6.07) is 8.79. The third kappa shape index (κ3) is 9.75. The minimum atomic E-state index is 0.643. The third-order valence-electron chi connectivity index (χ3n) is 4.20. The number of rotatable bonds is 13. The average Bonchev–Trinajstić information content (AvgIpc) is 2.68. The quantitative estimate of drug-likeness (QED) is 0.319. The fourth-order valence-electron chi connectivity index (χ4n) is 2.50. The summed E-state index contributed by atoms with van der Waals surface area (Å²) in [4.78, 5) is 6.67. The van der Waals surface area contributed by atoms with E-state index in [0.29, 0.717) is 13.2 Å². The number of guanidine groups is 1. The molecule has 0 aliphatic rings. The first-order chi connectivity index (χ1) is 12.7. The van der Waals surface area contributed by atoms with Gasteiger partial charge in [-0.15, -0.1) is 0 Å². The Kier molecular flexibility index (Phi) is 12.5. The van der Waals surface area contributed by atoms with Crippen LogP contribution in [0.1, 0.15) is 31.4 Å². The second kappa shape index (κ2) is 14.5. The molecule has 0 bridgehead atoms. The fraction of sp³-hybridized carbons (Fsp3) is 0.650. The van der Waals surface area contributed by atoms with Gasteiger partial charge in [0.25, 0.3) is 0 Å². The molecule has 2 N–H and O–H groups in total. The van der Waals surface area contributed by atoms with Crippen LogP contribution in [-0.4, -0.2) is 64.5 Å². The fourth-order valence-corrected chi connectivity index (χ4v) is 2.50. The van der Waals surface area contributed by atoms with Gasteiger partial charge in [-0.1, -0.05) is 38.1 Å². The van der Waals surface area contributed by atoms with Crippen molar-refractivity contribution < 1.29 is 9.47 Å². The molecule has 148 valence electrons. The Morgan fingerprint density at radius 1 is 1.00 bits per heavy atom. The van der Waals surface area contributed by atoms with Crippen molar-refractivity contribution in [1.82, 2.24) is 15.5 Å². The third-order valence-corrected chi connectivity index (χ3v) is 4.20. The zero-order valence-electron chi connectivity index (χ0n) is 16.9. The minimum Gasteiger partial charge on any atom is -0.382 e. The second-order valence-corrected chi connectivity index (χ2v) is 6.09. The smallest absolute Gasteiger partial charge is 0.191 e. The van der Waals surface area contributed by atoms with Crippen molar-refractivity contribution in [1.29, 1.82) is 0 Å². The molecule has 0 aromatic heterocycles. The average molecular weight is 365 g/mol. The zero-order chi connectivity index (χ0) is 19.0. The standard InChI is InChI=1S/C20H36N4O2/c1-5-24(6-2)17-19-10-8-18(9-11-19)16-23-20(21-3)22-12-7-13-26-15-14-25-4/h8-11H,5-7,12-17H2,1-4H3,(H2,21,22,23). The molecule has 0 spiro atoms. The molecular weight excluding hydrogens is 328 g/mol. The van der Waals surface area contributed by atoms with Gasteiger partial charge in [0, 0.05) is 40.4 Å². The monoisotopic (exact) mass is 364 g/mol. The van der Waals surface area contributed by atoms with Crippen molar-refractivity contribution in [2.75, 3.05) is 53.6 Å². The molecule has 1 aromatic carbocycles. The molecule has 6 heteroatoms. The van der Waals surface area contributed by atoms with Crippen LogP contribution in [0.2, 0.25) is 0 Å². The minimum absolute atomic E-state index is 0.643. The Labute approximate surface area is 159 Å². The van der Waals surface area contributed by atoms with E-state index in [1.165, 1.54) is 11.1 Å². The number of methoxy groups -OCH3 is 1. The predicted octanol–water partition coefficient (Wildman–Crippen LogP) is 2.25. The van der Waals surface area contributed by atoms with Crippen LogP contribution in [0.25, 0.3) is 0 Å². The van der Waals surface area contributed by atoms with Crippen LogP contribution in [0, 0.1) is 0 Å². The molecule has 0 amide bonds. The Balaban J connectivity index is 2.26. The lowest BCUT2D eigenvalue weighted by molar-refractivity contribution is 0.0698. The molecule has 0 saturated heterocycles. The summed E-state index contributed by atoms with van der Waals surface area (Å²) in [7, 11) is 3.47. The van der Waals surface area contributed by atoms with Gasteiger partial charge in [0.05, 0.1) is 13.2 Å². The number of hydrogen-bond acceptors (Lipinski definition) is 4. The SMILES string of the molecule is CCN(CC)Cc1ccc(CNC(=NC)NCCCOCCOC)cc1. The highest BCUT2D eigenvalue weighted by Crippen LogP contribution is 2.07. The first-order valence-electron chi connectivity index (χ1n) is 9.54. The van der Waals surface area contributed by atoms with E-state index >= 15 is 0 Å². The van der Waals surface area contributed by atoms with Gasteiger partial charge in [0.15, 0.2) is 5.96 Å². The van der Waals surface area contributed by atoms with Crippen molar-refractivity contribution in [3.63, 3.8) is 0 Å². The van der Waals surface area contributed by atoms with Gasteiger partial charge < -0.3 is 20.1 Å². The first-order valence-corrected chi connectivity index (χ1v) is 9.54. The van der Waals surface area contributed by atoms with Crippen LogP contribution in [0.4, 0.5) is 0 Å². The van der Waals surface area contributed by atoms with E-state index in [9.17, 15) is 0 Å². The number of nitrogens with zero attached hydrogens (tertiary/aromatic N) is 2. The lowest BCUT2D eigenvalue weighted by Crippen LogP contribution is -2.37. The topological polar surface area (TPSA) is 58.1 Å². The van der Waals surface area contributed by atoms with Gasteiger partial charge in [-0.05, 0) is 30.6 Å². The Bertz CT molecular complexity index is 487. The van der Waals surface area contributed by atoms with Crippen LogP contribution < -0.4 is 10.6 Å². The summed E-state index contributed by atoms with van der Waals surface area (Å²) in [5, 5.41) is 6.65. The maximum atomic E-state index is 5.44. The number of hydrogen-bond donors (Lipinski definition) is 2. The molecule has 0 unspecified atom stereocenters. The van der Waals surface area contributed by atoms with Crippen LogP contribution in [-0.2, 0) is 22.6 Å². The summed E-state index contributed by atoms with van der Waals surface area (Å²) >= 11 is 0. The van der Waals surface area contributed by atoms with Crippen LogP contribution in [0.3, 0.4) is 0 Å². The number of nitrogens with one attached hydrogen (secondary N) is 2. The summed E-state index contributed by atoms with van der Waals surface area (Å²) < 4.78 is 10.4. The van der Waals surface area contributed by atoms with E-state index in [2.05, 4.69) is 58.6 Å². The highest BCUT2D eigenvalue weighted by Gasteiger charge is 2.02. The maximum Gasteiger partial charge on any atom is 0.191 e. The summed E-state index contributed by atoms with van der Waals surface area (Å²) in [5.74, 6) is 0.814. The molecule has 0 radical (unpaired) electrons. The molecule has 26 heavy (non-hydrogen) atoms. The summed E-state index contributed by atoms with van der Waals surface area (Å²) in [6.45, 7) is 11.2. The molecule has 0 saturated carbocycles. The number of benzene rings is 1. The Morgan fingerprint density at radius 3 is 2.31 bits per heavy atom. The zero-order valence-corrected chi connectivity index (χ0v) is 16.9. The van der Waals surface area contributed by atoms with E-state index in [0.717, 1.165) is 51.7 Å². The van der Waals surface area contributed by atoms with Gasteiger partial charge in [-0.2, -0.15) is 0 Å². The normalized spacial score (nSPS) is 11.8. The molecule has 1 rings (SSSR count). The molecule has 1 aromatic rings. The summed E-state index contributed by atoms with van der Waals surface area (Å²) in [6.07, 6.45) is 0.935. The van der Waals surface area contributed by atoms with E-state index in [1.54, 1.807) is 14.2 Å². The van der Waals surface area contributed by atoms with Gasteiger partial charge in [-0.3, -0.25) is 9.89 Å². The first kappa shape index (κ1) is 22.4. The van der Waals surface area contributed by atoms with E-state index < -0.39 is 0 Å². The number of ether oxygens (including phenoxy) is 2. The van der Waals surface area contributed by atoms with Crippen molar-refractivity contribution in [3.05, 3.63) is 35.4 Å². The lowest BCUT2D eigenvalue weighted by Gasteiger charge is -2.18. The number of aliphatic imine (C=N–C) groups is 1. The van der Waals surface area contributed by atoms with Crippen molar-refractivity contribution in [2.24, 2.45) is 4.99 Å². The maximum absolute atomic E-state index is 5.44. The van der Waals surface area contributed by atoms with E-state index in [1.807, 2.05) is 0 Å². The molecule has 0 heterocycles. The lowest BCUT2D eigenvalue weighted by atomic mass is 10.1. The van der Waals surface area contributed by atoms with Gasteiger partial charge >= 0.3 is 0 Å². The Hall–Kier alpha value is -1.63. The van der Waals surface area contributed by atoms with Gasteiger partial charge in [0.2, 0.25) is 0 Å². The molecule has 0 aliphatic carbocycles. The summed E-state index contributed by atoms with van der Waals surface area (Å²) in [5.41, 5.74) is 2.60. The molecule has 6 nitrogen and oxygen atoms in total. The van der Waals surface area contributed by atoms with Crippen molar-refractivity contribution in [3.8, 4) is 0 Å². The van der Waals surface area contributed by atoms with Crippen molar-refractivity contribution in [2.45, 2.75) is 33.4 Å². The van der Waals surface area contributed by atoms with E-state index in [-0.39, 0.29) is 0 Å².